The van der Waals surface area contributed by atoms with Gasteiger partial charge in [0.1, 0.15) is 17.7 Å². The summed E-state index contributed by atoms with van der Waals surface area (Å²) in [5.41, 5.74) is 8.74. The summed E-state index contributed by atoms with van der Waals surface area (Å²) in [4.78, 5) is 17.4. The highest BCUT2D eigenvalue weighted by Crippen LogP contribution is 2.54. The largest absolute Gasteiger partial charge is 0.379 e. The van der Waals surface area contributed by atoms with Crippen molar-refractivity contribution in [2.24, 2.45) is 16.6 Å². The predicted molar refractivity (Wildman–Crippen MR) is 115 cm³/mol. The molecule has 0 bridgehead atoms. The molecule has 0 saturated heterocycles. The number of nitrogens with zero attached hydrogens (tertiary/aromatic N) is 4. The number of aromatic nitrogens is 3. The number of alkyl halides is 2. The minimum Gasteiger partial charge on any atom is -0.379 e. The van der Waals surface area contributed by atoms with Crippen LogP contribution in [0.3, 0.4) is 0 Å². The number of benzene rings is 1. The Kier molecular flexibility index (Phi) is 4.76. The Balaban J connectivity index is 1.55. The van der Waals surface area contributed by atoms with E-state index >= 15 is 0 Å². The zero-order valence-electron chi connectivity index (χ0n) is 16.6. The fraction of sp³-hybridized carbons (Fsp3) is 0.333. The Bertz CT molecular complexity index is 1220. The Morgan fingerprint density at radius 1 is 1.26 bits per heavy atom. The van der Waals surface area contributed by atoms with Gasteiger partial charge in [-0.25, -0.2) is 23.1 Å². The molecular formula is C21H19F3N6S. The number of halogens is 3. The van der Waals surface area contributed by atoms with Gasteiger partial charge in [-0.1, -0.05) is 11.8 Å². The summed E-state index contributed by atoms with van der Waals surface area (Å²) < 4.78 is 41.3. The lowest BCUT2D eigenvalue weighted by atomic mass is 9.63. The summed E-state index contributed by atoms with van der Waals surface area (Å²) in [6, 6.07) is 5.02. The van der Waals surface area contributed by atoms with E-state index in [9.17, 15) is 13.2 Å². The summed E-state index contributed by atoms with van der Waals surface area (Å²) in [6.07, 6.45) is 0.615. The summed E-state index contributed by atoms with van der Waals surface area (Å²) in [5, 5.41) is 3.46. The fourth-order valence-corrected chi connectivity index (χ4v) is 5.40. The zero-order valence-corrected chi connectivity index (χ0v) is 17.4. The van der Waals surface area contributed by atoms with Crippen LogP contribution in [0.5, 0.6) is 0 Å². The third-order valence-corrected chi connectivity index (χ3v) is 6.82. The Hall–Kier alpha value is -2.88. The topological polar surface area (TPSA) is 89.1 Å². The number of aryl methyl sites for hydroxylation is 1. The highest BCUT2D eigenvalue weighted by molar-refractivity contribution is 8.13. The molecule has 1 aromatic carbocycles. The van der Waals surface area contributed by atoms with Gasteiger partial charge in [-0.05, 0) is 41.8 Å². The second-order valence-corrected chi connectivity index (χ2v) is 8.94. The molecule has 10 heteroatoms. The third kappa shape index (κ3) is 3.38. The number of amidine groups is 1. The molecule has 160 valence electrons. The maximum absolute atomic E-state index is 14.9. The van der Waals surface area contributed by atoms with Crippen LogP contribution in [0.25, 0.3) is 11.0 Å². The summed E-state index contributed by atoms with van der Waals surface area (Å²) in [7, 11) is 0. The van der Waals surface area contributed by atoms with Crippen LogP contribution in [-0.2, 0) is 12.0 Å². The monoisotopic (exact) mass is 444 g/mol. The van der Waals surface area contributed by atoms with Crippen molar-refractivity contribution in [1.29, 1.82) is 0 Å². The average molecular weight is 444 g/mol. The van der Waals surface area contributed by atoms with Gasteiger partial charge in [0.25, 0.3) is 0 Å². The van der Waals surface area contributed by atoms with E-state index in [0.29, 0.717) is 44.6 Å². The van der Waals surface area contributed by atoms with Crippen LogP contribution in [0, 0.1) is 18.7 Å². The molecule has 1 spiro atoms. The number of fused-ring (bicyclic) bond motifs is 3. The number of anilines is 2. The number of pyridine rings is 1. The van der Waals surface area contributed by atoms with E-state index in [-0.39, 0.29) is 12.8 Å². The summed E-state index contributed by atoms with van der Waals surface area (Å²) in [5.74, 6) is 0.0363. The van der Waals surface area contributed by atoms with Crippen LogP contribution < -0.4 is 11.1 Å². The van der Waals surface area contributed by atoms with Gasteiger partial charge in [-0.15, -0.1) is 0 Å². The number of nitrogens with one attached hydrogen (secondary N) is 1. The lowest BCUT2D eigenvalue weighted by molar-refractivity contribution is 0.0892. The number of thioether (sulfide) groups is 1. The maximum atomic E-state index is 14.9. The van der Waals surface area contributed by atoms with Gasteiger partial charge in [-0.2, -0.15) is 0 Å². The van der Waals surface area contributed by atoms with Crippen molar-refractivity contribution in [1.82, 2.24) is 15.0 Å². The number of rotatable bonds is 4. The van der Waals surface area contributed by atoms with Crippen molar-refractivity contribution in [2.45, 2.75) is 31.7 Å². The normalized spacial score (nSPS) is 22.4. The summed E-state index contributed by atoms with van der Waals surface area (Å²) >= 11 is 1.27. The van der Waals surface area contributed by atoms with Crippen LogP contribution in [0.2, 0.25) is 0 Å². The molecule has 6 nitrogen and oxygen atoms in total. The van der Waals surface area contributed by atoms with Gasteiger partial charge in [-0.3, -0.25) is 9.98 Å². The molecule has 5 rings (SSSR count). The van der Waals surface area contributed by atoms with Crippen molar-refractivity contribution in [2.75, 3.05) is 11.1 Å². The molecule has 2 atom stereocenters. The van der Waals surface area contributed by atoms with E-state index in [0.717, 1.165) is 5.56 Å². The molecule has 2 aliphatic rings. The first kappa shape index (κ1) is 20.0. The molecule has 3 aromatic rings. The fourth-order valence-electron chi connectivity index (χ4n) is 4.39. The van der Waals surface area contributed by atoms with Crippen LogP contribution >= 0.6 is 11.8 Å². The number of hydrogen-bond acceptors (Lipinski definition) is 7. The number of aliphatic imine (C=N–C) groups is 1. The second kappa shape index (κ2) is 7.37. The highest BCUT2D eigenvalue weighted by atomic mass is 32.2. The van der Waals surface area contributed by atoms with Gasteiger partial charge < -0.3 is 11.1 Å². The molecule has 0 amide bonds. The average Bonchev–Trinajstić information content (AvgIpc) is 2.70. The minimum absolute atomic E-state index is 0.268. The van der Waals surface area contributed by atoms with E-state index in [1.54, 1.807) is 12.3 Å². The number of hydrogen-bond donors (Lipinski definition) is 2. The van der Waals surface area contributed by atoms with Crippen molar-refractivity contribution in [3.8, 4) is 0 Å². The zero-order chi connectivity index (χ0) is 21.8. The molecule has 0 saturated carbocycles. The van der Waals surface area contributed by atoms with Crippen LogP contribution in [0.15, 0.2) is 35.7 Å². The molecule has 2 aromatic heterocycles. The first-order chi connectivity index (χ1) is 14.9. The Morgan fingerprint density at radius 3 is 2.90 bits per heavy atom. The second-order valence-electron chi connectivity index (χ2n) is 7.90. The molecule has 0 radical (unpaired) electrons. The van der Waals surface area contributed by atoms with Crippen molar-refractivity contribution in [3.63, 3.8) is 0 Å². The van der Waals surface area contributed by atoms with Gasteiger partial charge in [0.15, 0.2) is 11.0 Å². The quantitative estimate of drug-likeness (QED) is 0.624. The SMILES string of the molecule is Cc1cnc2c(Nc3cc(F)c4c(c3)[C@@]3(C4)N=C(N)SC[C@@H]3CC(F)F)ncnc2c1. The van der Waals surface area contributed by atoms with E-state index < -0.39 is 23.7 Å². The molecule has 31 heavy (non-hydrogen) atoms. The molecular weight excluding hydrogens is 425 g/mol. The van der Waals surface area contributed by atoms with Crippen molar-refractivity contribution in [3.05, 3.63) is 53.2 Å². The first-order valence-electron chi connectivity index (χ1n) is 9.79. The van der Waals surface area contributed by atoms with Gasteiger partial charge in [0.05, 0.1) is 11.1 Å². The maximum Gasteiger partial charge on any atom is 0.239 e. The Labute approximate surface area is 180 Å². The van der Waals surface area contributed by atoms with E-state index in [4.69, 9.17) is 5.73 Å². The van der Waals surface area contributed by atoms with Gasteiger partial charge in [0.2, 0.25) is 6.43 Å². The Morgan fingerprint density at radius 2 is 2.10 bits per heavy atom. The van der Waals surface area contributed by atoms with Crippen molar-refractivity contribution < 1.29 is 13.2 Å². The predicted octanol–water partition coefficient (Wildman–Crippen LogP) is 4.30. The minimum atomic E-state index is -2.46. The molecule has 3 N–H and O–H groups in total. The molecule has 1 aliphatic carbocycles. The van der Waals surface area contributed by atoms with E-state index in [1.165, 1.54) is 24.2 Å². The summed E-state index contributed by atoms with van der Waals surface area (Å²) in [6.45, 7) is 1.91. The van der Waals surface area contributed by atoms with Gasteiger partial charge >= 0.3 is 0 Å². The standard InChI is InChI=1S/C21H19F3N6S/c1-10-2-16-18(26-7-10)19(28-9-27-16)29-12-4-14-13(15(22)5-12)6-21(14)11(3-17(23)24)8-31-20(25)30-21/h2,4-5,7,9,11,17H,3,6,8H2,1H3,(H2,25,30)(H,27,28,29)/t11-,21-/m0/s1. The molecule has 3 heterocycles. The van der Waals surface area contributed by atoms with E-state index in [1.807, 2.05) is 13.0 Å². The molecule has 0 fully saturated rings. The third-order valence-electron chi connectivity index (χ3n) is 5.86. The van der Waals surface area contributed by atoms with Crippen molar-refractivity contribution >= 4 is 39.5 Å². The first-order valence-corrected chi connectivity index (χ1v) is 10.8. The smallest absolute Gasteiger partial charge is 0.239 e. The van der Waals surface area contributed by atoms with E-state index in [2.05, 4.69) is 25.3 Å². The molecule has 0 unspecified atom stereocenters. The van der Waals surface area contributed by atoms with Crippen LogP contribution in [-0.4, -0.2) is 32.3 Å². The van der Waals surface area contributed by atoms with Crippen LogP contribution in [0.1, 0.15) is 23.1 Å². The number of nitrogens with two attached hydrogens (primary N) is 1. The highest BCUT2D eigenvalue weighted by Gasteiger charge is 2.52. The lowest BCUT2D eigenvalue weighted by Gasteiger charge is -2.48. The lowest BCUT2D eigenvalue weighted by Crippen LogP contribution is -2.49. The van der Waals surface area contributed by atoms with Gasteiger partial charge in [0, 0.05) is 36.4 Å². The molecule has 1 aliphatic heterocycles. The van der Waals surface area contributed by atoms with Crippen LogP contribution in [0.4, 0.5) is 24.7 Å².